The Balaban J connectivity index is 2.80. The number of carbonyl (C=O) groups excluding carboxylic acids is 1. The van der Waals surface area contributed by atoms with Gasteiger partial charge in [0.1, 0.15) is 11.8 Å². The van der Waals surface area contributed by atoms with Gasteiger partial charge in [-0.15, -0.1) is 0 Å². The Bertz CT molecular complexity index is 326. The van der Waals surface area contributed by atoms with Crippen LogP contribution in [0.1, 0.15) is 6.92 Å². The second kappa shape index (κ2) is 4.50. The predicted octanol–water partition coefficient (Wildman–Crippen LogP) is 0.981. The Morgan fingerprint density at radius 1 is 1.50 bits per heavy atom. The molecular formula is C10H14N2O2. The molecule has 0 saturated carbocycles. The molecule has 0 heterocycles. The van der Waals surface area contributed by atoms with E-state index in [0.717, 1.165) is 5.69 Å². The van der Waals surface area contributed by atoms with Gasteiger partial charge in [-0.2, -0.15) is 0 Å². The number of methoxy groups -OCH3 is 1. The molecule has 4 nitrogen and oxygen atoms in total. The number of benzene rings is 1. The molecule has 0 aliphatic carbocycles. The summed E-state index contributed by atoms with van der Waals surface area (Å²) >= 11 is 0. The molecule has 0 aliphatic heterocycles. The number of nitrogens with one attached hydrogen (secondary N) is 1. The van der Waals surface area contributed by atoms with Gasteiger partial charge in [0.15, 0.2) is 0 Å². The van der Waals surface area contributed by atoms with Crippen molar-refractivity contribution in [3.8, 4) is 5.75 Å². The van der Waals surface area contributed by atoms with E-state index < -0.39 is 11.9 Å². The summed E-state index contributed by atoms with van der Waals surface area (Å²) in [6.07, 6.45) is 0. The number of rotatable bonds is 4. The first-order chi connectivity index (χ1) is 6.65. The number of para-hydroxylation sites is 2. The number of primary amides is 1. The summed E-state index contributed by atoms with van der Waals surface area (Å²) in [5.41, 5.74) is 5.90. The second-order valence-electron chi connectivity index (χ2n) is 2.97. The zero-order chi connectivity index (χ0) is 10.6. The molecule has 4 heteroatoms. The maximum absolute atomic E-state index is 10.8. The van der Waals surface area contributed by atoms with Gasteiger partial charge in [0, 0.05) is 0 Å². The third kappa shape index (κ3) is 2.39. The van der Waals surface area contributed by atoms with E-state index in [1.807, 2.05) is 24.3 Å². The van der Waals surface area contributed by atoms with Crippen molar-refractivity contribution in [2.75, 3.05) is 12.4 Å². The first-order valence-corrected chi connectivity index (χ1v) is 4.34. The Morgan fingerprint density at radius 3 is 2.71 bits per heavy atom. The van der Waals surface area contributed by atoms with Gasteiger partial charge in [0.25, 0.3) is 0 Å². The Hall–Kier alpha value is -1.71. The van der Waals surface area contributed by atoms with Gasteiger partial charge in [-0.25, -0.2) is 0 Å². The third-order valence-corrected chi connectivity index (χ3v) is 1.91. The van der Waals surface area contributed by atoms with Crippen molar-refractivity contribution in [2.45, 2.75) is 13.0 Å². The molecule has 0 radical (unpaired) electrons. The number of nitrogens with two attached hydrogens (primary N) is 1. The largest absolute Gasteiger partial charge is 0.495 e. The number of amides is 1. The first-order valence-electron chi connectivity index (χ1n) is 4.34. The zero-order valence-corrected chi connectivity index (χ0v) is 8.28. The van der Waals surface area contributed by atoms with Crippen LogP contribution in [0.3, 0.4) is 0 Å². The van der Waals surface area contributed by atoms with Crippen molar-refractivity contribution in [1.82, 2.24) is 0 Å². The summed E-state index contributed by atoms with van der Waals surface area (Å²) in [6, 6.07) is 6.96. The average molecular weight is 194 g/mol. The number of hydrogen-bond acceptors (Lipinski definition) is 3. The lowest BCUT2D eigenvalue weighted by molar-refractivity contribution is -0.118. The molecule has 1 aromatic carbocycles. The molecule has 0 aliphatic rings. The Morgan fingerprint density at radius 2 is 2.14 bits per heavy atom. The fourth-order valence-corrected chi connectivity index (χ4v) is 1.07. The van der Waals surface area contributed by atoms with Crippen LogP contribution in [0.15, 0.2) is 24.3 Å². The van der Waals surface area contributed by atoms with Gasteiger partial charge in [-0.1, -0.05) is 12.1 Å². The minimum absolute atomic E-state index is 0.393. The molecule has 1 amide bonds. The van der Waals surface area contributed by atoms with E-state index in [2.05, 4.69) is 5.32 Å². The molecule has 0 fully saturated rings. The van der Waals surface area contributed by atoms with E-state index in [9.17, 15) is 4.79 Å². The van der Waals surface area contributed by atoms with Crippen molar-refractivity contribution in [1.29, 1.82) is 0 Å². The average Bonchev–Trinajstić information content (AvgIpc) is 2.18. The fourth-order valence-electron chi connectivity index (χ4n) is 1.07. The highest BCUT2D eigenvalue weighted by molar-refractivity contribution is 5.83. The van der Waals surface area contributed by atoms with Crippen LogP contribution in [0.4, 0.5) is 5.69 Å². The van der Waals surface area contributed by atoms with E-state index in [-0.39, 0.29) is 0 Å². The number of hydrogen-bond donors (Lipinski definition) is 2. The van der Waals surface area contributed by atoms with Crippen molar-refractivity contribution >= 4 is 11.6 Å². The predicted molar refractivity (Wildman–Crippen MR) is 55.3 cm³/mol. The molecule has 1 unspecified atom stereocenters. The summed E-state index contributed by atoms with van der Waals surface area (Å²) in [6.45, 7) is 1.70. The normalized spacial score (nSPS) is 11.9. The van der Waals surface area contributed by atoms with Crippen LogP contribution < -0.4 is 15.8 Å². The molecule has 1 aromatic rings. The lowest BCUT2D eigenvalue weighted by Crippen LogP contribution is -2.32. The third-order valence-electron chi connectivity index (χ3n) is 1.91. The number of anilines is 1. The lowest BCUT2D eigenvalue weighted by atomic mass is 10.2. The minimum atomic E-state index is -0.411. The van der Waals surface area contributed by atoms with Gasteiger partial charge in [0.05, 0.1) is 12.8 Å². The maximum Gasteiger partial charge on any atom is 0.239 e. The molecule has 0 aromatic heterocycles. The Labute approximate surface area is 83.1 Å². The van der Waals surface area contributed by atoms with Crippen molar-refractivity contribution in [3.63, 3.8) is 0 Å². The lowest BCUT2D eigenvalue weighted by Gasteiger charge is -2.14. The minimum Gasteiger partial charge on any atom is -0.495 e. The van der Waals surface area contributed by atoms with Gasteiger partial charge in [0.2, 0.25) is 5.91 Å². The molecular weight excluding hydrogens is 180 g/mol. The van der Waals surface area contributed by atoms with Crippen LogP contribution in [0.2, 0.25) is 0 Å². The summed E-state index contributed by atoms with van der Waals surface area (Å²) in [4.78, 5) is 10.8. The van der Waals surface area contributed by atoms with Gasteiger partial charge in [-0.3, -0.25) is 4.79 Å². The highest BCUT2D eigenvalue weighted by atomic mass is 16.5. The molecule has 1 atom stereocenters. The molecule has 3 N–H and O–H groups in total. The van der Waals surface area contributed by atoms with Crippen LogP contribution in [-0.2, 0) is 4.79 Å². The molecule has 0 saturated heterocycles. The SMILES string of the molecule is COc1ccccc1NC(C)C(N)=O. The van der Waals surface area contributed by atoms with Gasteiger partial charge in [-0.05, 0) is 19.1 Å². The Kier molecular flexibility index (Phi) is 3.34. The topological polar surface area (TPSA) is 64.3 Å². The fraction of sp³-hybridized carbons (Fsp3) is 0.300. The zero-order valence-electron chi connectivity index (χ0n) is 8.28. The van der Waals surface area contributed by atoms with E-state index in [1.54, 1.807) is 14.0 Å². The van der Waals surface area contributed by atoms with Crippen LogP contribution >= 0.6 is 0 Å². The van der Waals surface area contributed by atoms with Crippen LogP contribution in [0.5, 0.6) is 5.75 Å². The quantitative estimate of drug-likeness (QED) is 0.751. The molecule has 14 heavy (non-hydrogen) atoms. The standard InChI is InChI=1S/C10H14N2O2/c1-7(10(11)13)12-8-5-3-4-6-9(8)14-2/h3-7,12H,1-2H3,(H2,11,13). The maximum atomic E-state index is 10.8. The molecule has 0 spiro atoms. The smallest absolute Gasteiger partial charge is 0.239 e. The van der Waals surface area contributed by atoms with Crippen molar-refractivity contribution in [2.24, 2.45) is 5.73 Å². The van der Waals surface area contributed by atoms with Crippen molar-refractivity contribution in [3.05, 3.63) is 24.3 Å². The van der Waals surface area contributed by atoms with Crippen LogP contribution in [0.25, 0.3) is 0 Å². The molecule has 76 valence electrons. The molecule has 1 rings (SSSR count). The van der Waals surface area contributed by atoms with E-state index in [4.69, 9.17) is 10.5 Å². The van der Waals surface area contributed by atoms with Crippen molar-refractivity contribution < 1.29 is 9.53 Å². The monoisotopic (exact) mass is 194 g/mol. The highest BCUT2D eigenvalue weighted by Crippen LogP contribution is 2.23. The summed E-state index contributed by atoms with van der Waals surface area (Å²) < 4.78 is 5.11. The van der Waals surface area contributed by atoms with Crippen LogP contribution in [0, 0.1) is 0 Å². The highest BCUT2D eigenvalue weighted by Gasteiger charge is 2.10. The molecule has 0 bridgehead atoms. The first kappa shape index (κ1) is 10.4. The van der Waals surface area contributed by atoms with Gasteiger partial charge < -0.3 is 15.8 Å². The number of carbonyl (C=O) groups is 1. The summed E-state index contributed by atoms with van der Waals surface area (Å²) in [7, 11) is 1.58. The van der Waals surface area contributed by atoms with E-state index in [1.165, 1.54) is 0 Å². The summed E-state index contributed by atoms with van der Waals surface area (Å²) in [5, 5.41) is 2.96. The summed E-state index contributed by atoms with van der Waals surface area (Å²) in [5.74, 6) is 0.302. The second-order valence-corrected chi connectivity index (χ2v) is 2.97. The van der Waals surface area contributed by atoms with Crippen LogP contribution in [-0.4, -0.2) is 19.1 Å². The van der Waals surface area contributed by atoms with E-state index in [0.29, 0.717) is 5.75 Å². The van der Waals surface area contributed by atoms with E-state index >= 15 is 0 Å². The van der Waals surface area contributed by atoms with Gasteiger partial charge >= 0.3 is 0 Å². The number of ether oxygens (including phenoxy) is 1.